The molecule has 2 aliphatic rings. The Hall–Kier alpha value is -1.85. The van der Waals surface area contributed by atoms with Gasteiger partial charge in [-0.15, -0.1) is 0 Å². The van der Waals surface area contributed by atoms with E-state index in [1.54, 1.807) is 10.8 Å². The number of nitrogens with zero attached hydrogens (tertiary/aromatic N) is 2. The molecular formula is C15H20N4O3S. The molecule has 0 atom stereocenters. The van der Waals surface area contributed by atoms with Crippen molar-refractivity contribution in [1.29, 1.82) is 0 Å². The fraction of sp³-hybridized carbons (Fsp3) is 0.600. The normalized spacial score (nSPS) is 18.6. The quantitative estimate of drug-likeness (QED) is 0.773. The average Bonchev–Trinajstić information content (AvgIpc) is 3.23. The number of anilines is 1. The van der Waals surface area contributed by atoms with Gasteiger partial charge in [-0.2, -0.15) is 4.98 Å². The van der Waals surface area contributed by atoms with Crippen LogP contribution in [0.5, 0.6) is 0 Å². The van der Waals surface area contributed by atoms with Gasteiger partial charge >= 0.3 is 5.69 Å². The van der Waals surface area contributed by atoms with Crippen LogP contribution in [0.1, 0.15) is 50.1 Å². The molecular weight excluding hydrogens is 316 g/mol. The van der Waals surface area contributed by atoms with Crippen LogP contribution in [0.4, 0.5) is 5.82 Å². The fourth-order valence-electron chi connectivity index (χ4n) is 2.79. The Morgan fingerprint density at radius 1 is 1.30 bits per heavy atom. The van der Waals surface area contributed by atoms with E-state index in [0.29, 0.717) is 18.4 Å². The second-order valence-electron chi connectivity index (χ2n) is 6.04. The minimum absolute atomic E-state index is 0.0286. The summed E-state index contributed by atoms with van der Waals surface area (Å²) in [5.74, 6) is 5.64. The maximum atomic E-state index is 12.0. The molecule has 1 heterocycles. The van der Waals surface area contributed by atoms with E-state index in [-0.39, 0.29) is 29.3 Å². The molecule has 0 saturated heterocycles. The summed E-state index contributed by atoms with van der Waals surface area (Å²) in [4.78, 5) is 15.8. The van der Waals surface area contributed by atoms with E-state index in [2.05, 4.69) is 21.5 Å². The first kappa shape index (κ1) is 16.0. The molecule has 0 amide bonds. The number of nitrogen functional groups attached to an aromatic ring is 1. The van der Waals surface area contributed by atoms with Crippen LogP contribution in [-0.2, 0) is 10.0 Å². The first-order valence-corrected chi connectivity index (χ1v) is 9.38. The molecule has 1 aromatic rings. The SMILES string of the molecule is Nc1nc(=O)n(C2CCCC2)cc1C#CCNS(=O)(=O)C1CC1. The Labute approximate surface area is 135 Å². The molecule has 0 unspecified atom stereocenters. The summed E-state index contributed by atoms with van der Waals surface area (Å²) in [6.45, 7) is 0.0286. The number of hydrogen-bond donors (Lipinski definition) is 2. The van der Waals surface area contributed by atoms with Gasteiger partial charge in [-0.25, -0.2) is 17.9 Å². The van der Waals surface area contributed by atoms with E-state index in [1.807, 2.05) is 0 Å². The highest BCUT2D eigenvalue weighted by Crippen LogP contribution is 2.28. The number of nitrogens with one attached hydrogen (secondary N) is 1. The zero-order chi connectivity index (χ0) is 16.4. The van der Waals surface area contributed by atoms with Gasteiger partial charge in [0.2, 0.25) is 10.0 Å². The number of sulfonamides is 1. The Balaban J connectivity index is 1.73. The van der Waals surface area contributed by atoms with Gasteiger partial charge in [-0.05, 0) is 25.7 Å². The Bertz CT molecular complexity index is 809. The van der Waals surface area contributed by atoms with Gasteiger partial charge in [0.25, 0.3) is 0 Å². The molecule has 0 spiro atoms. The van der Waals surface area contributed by atoms with Crippen molar-refractivity contribution in [2.45, 2.75) is 49.8 Å². The molecule has 2 saturated carbocycles. The van der Waals surface area contributed by atoms with Gasteiger partial charge in [-0.1, -0.05) is 24.7 Å². The zero-order valence-electron chi connectivity index (χ0n) is 12.8. The molecule has 2 fully saturated rings. The molecule has 7 nitrogen and oxygen atoms in total. The van der Waals surface area contributed by atoms with Crippen molar-refractivity contribution in [3.05, 3.63) is 22.2 Å². The highest BCUT2D eigenvalue weighted by molar-refractivity contribution is 7.90. The van der Waals surface area contributed by atoms with Gasteiger partial charge in [0, 0.05) is 12.2 Å². The summed E-state index contributed by atoms with van der Waals surface area (Å²) in [6, 6.07) is 0.157. The van der Waals surface area contributed by atoms with Crippen LogP contribution in [-0.4, -0.2) is 29.8 Å². The van der Waals surface area contributed by atoms with Crippen LogP contribution in [0.15, 0.2) is 11.0 Å². The summed E-state index contributed by atoms with van der Waals surface area (Å²) in [5, 5.41) is -0.264. The second-order valence-corrected chi connectivity index (χ2v) is 8.08. The molecule has 124 valence electrons. The molecule has 0 aliphatic heterocycles. The topological polar surface area (TPSA) is 107 Å². The minimum Gasteiger partial charge on any atom is -0.382 e. The van der Waals surface area contributed by atoms with Crippen LogP contribution in [0.2, 0.25) is 0 Å². The van der Waals surface area contributed by atoms with Crippen LogP contribution < -0.4 is 16.1 Å². The van der Waals surface area contributed by atoms with Gasteiger partial charge < -0.3 is 5.73 Å². The molecule has 8 heteroatoms. The average molecular weight is 336 g/mol. The molecule has 3 N–H and O–H groups in total. The molecule has 1 aromatic heterocycles. The summed E-state index contributed by atoms with van der Waals surface area (Å²) in [5.41, 5.74) is 5.86. The third-order valence-electron chi connectivity index (χ3n) is 4.25. The summed E-state index contributed by atoms with van der Waals surface area (Å²) < 4.78 is 27.4. The smallest absolute Gasteiger partial charge is 0.349 e. The first-order chi connectivity index (χ1) is 11.0. The Morgan fingerprint density at radius 2 is 2.00 bits per heavy atom. The van der Waals surface area contributed by atoms with Crippen LogP contribution >= 0.6 is 0 Å². The lowest BCUT2D eigenvalue weighted by molar-refractivity contribution is 0.492. The number of nitrogens with two attached hydrogens (primary N) is 1. The molecule has 3 rings (SSSR count). The van der Waals surface area contributed by atoms with E-state index in [4.69, 9.17) is 5.73 Å². The highest BCUT2D eigenvalue weighted by Gasteiger charge is 2.35. The van der Waals surface area contributed by atoms with Gasteiger partial charge in [0.1, 0.15) is 5.82 Å². The maximum Gasteiger partial charge on any atom is 0.349 e. The van der Waals surface area contributed by atoms with E-state index in [0.717, 1.165) is 25.7 Å². The molecule has 0 bridgehead atoms. The molecule has 0 radical (unpaired) electrons. The van der Waals surface area contributed by atoms with Crippen molar-refractivity contribution in [2.24, 2.45) is 0 Å². The lowest BCUT2D eigenvalue weighted by Gasteiger charge is -2.13. The van der Waals surface area contributed by atoms with Crippen LogP contribution in [0.3, 0.4) is 0 Å². The second kappa shape index (κ2) is 6.34. The van der Waals surface area contributed by atoms with Crippen molar-refractivity contribution in [2.75, 3.05) is 12.3 Å². The largest absolute Gasteiger partial charge is 0.382 e. The first-order valence-electron chi connectivity index (χ1n) is 7.83. The fourth-order valence-corrected chi connectivity index (χ4v) is 4.06. The van der Waals surface area contributed by atoms with Crippen molar-refractivity contribution in [3.63, 3.8) is 0 Å². The zero-order valence-corrected chi connectivity index (χ0v) is 13.6. The lowest BCUT2D eigenvalue weighted by atomic mass is 10.2. The highest BCUT2D eigenvalue weighted by atomic mass is 32.2. The van der Waals surface area contributed by atoms with Gasteiger partial charge in [-0.3, -0.25) is 4.57 Å². The van der Waals surface area contributed by atoms with E-state index < -0.39 is 10.0 Å². The molecule has 0 aromatic carbocycles. The predicted octanol–water partition coefficient (Wildman–Crippen LogP) is 0.374. The summed E-state index contributed by atoms with van der Waals surface area (Å²) in [7, 11) is -3.23. The van der Waals surface area contributed by atoms with Crippen molar-refractivity contribution in [1.82, 2.24) is 14.3 Å². The Kier molecular flexibility index (Phi) is 4.41. The number of rotatable bonds is 4. The monoisotopic (exact) mass is 336 g/mol. The number of hydrogen-bond acceptors (Lipinski definition) is 5. The van der Waals surface area contributed by atoms with E-state index >= 15 is 0 Å². The maximum absolute atomic E-state index is 12.0. The van der Waals surface area contributed by atoms with E-state index in [1.165, 1.54) is 0 Å². The predicted molar refractivity (Wildman–Crippen MR) is 87.2 cm³/mol. The van der Waals surface area contributed by atoms with E-state index in [9.17, 15) is 13.2 Å². The number of aromatic nitrogens is 2. The summed E-state index contributed by atoms with van der Waals surface area (Å²) >= 11 is 0. The summed E-state index contributed by atoms with van der Waals surface area (Å²) in [6.07, 6.45) is 7.19. The molecule has 23 heavy (non-hydrogen) atoms. The lowest BCUT2D eigenvalue weighted by Crippen LogP contribution is -2.28. The van der Waals surface area contributed by atoms with Gasteiger partial charge in [0.15, 0.2) is 0 Å². The third-order valence-corrected chi connectivity index (χ3v) is 6.14. The minimum atomic E-state index is -3.23. The van der Waals surface area contributed by atoms with Gasteiger partial charge in [0.05, 0.1) is 17.4 Å². The molecule has 2 aliphatic carbocycles. The van der Waals surface area contributed by atoms with Crippen molar-refractivity contribution in [3.8, 4) is 11.8 Å². The Morgan fingerprint density at radius 3 is 2.65 bits per heavy atom. The third kappa shape index (κ3) is 3.74. The standard InChI is InChI=1S/C15H20N4O3S/c16-14-11(4-3-9-17-23(21,22)13-7-8-13)10-19(15(20)18-14)12-5-1-2-6-12/h10,12-13,17H,1-2,5-9H2,(H2,16,18,20). The van der Waals surface area contributed by atoms with Crippen LogP contribution in [0, 0.1) is 11.8 Å². The van der Waals surface area contributed by atoms with Crippen molar-refractivity contribution < 1.29 is 8.42 Å². The van der Waals surface area contributed by atoms with Crippen LogP contribution in [0.25, 0.3) is 0 Å². The van der Waals surface area contributed by atoms with Crippen molar-refractivity contribution >= 4 is 15.8 Å².